The third-order valence-corrected chi connectivity index (χ3v) is 3.47. The van der Waals surface area contributed by atoms with Gasteiger partial charge in [-0.2, -0.15) is 0 Å². The van der Waals surface area contributed by atoms with E-state index in [4.69, 9.17) is 10.5 Å². The highest BCUT2D eigenvalue weighted by Gasteiger charge is 2.28. The predicted molar refractivity (Wildman–Crippen MR) is 92.6 cm³/mol. The molecule has 0 fully saturated rings. The van der Waals surface area contributed by atoms with Crippen LogP contribution in [-0.2, 0) is 0 Å². The smallest absolute Gasteiger partial charge is 0.127 e. The summed E-state index contributed by atoms with van der Waals surface area (Å²) < 4.78 is 5.74. The molecular weight excluding hydrogens is 298 g/mol. The van der Waals surface area contributed by atoms with E-state index in [1.165, 1.54) is 0 Å². The Balaban J connectivity index is 0.00000242. The van der Waals surface area contributed by atoms with Crippen LogP contribution in [0.25, 0.3) is 0 Å². The van der Waals surface area contributed by atoms with Gasteiger partial charge in [0.05, 0.1) is 12.1 Å². The summed E-state index contributed by atoms with van der Waals surface area (Å²) in [6, 6.07) is 16.8. The summed E-state index contributed by atoms with van der Waals surface area (Å²) in [5, 5.41) is 10.3. The summed E-state index contributed by atoms with van der Waals surface area (Å²) in [7, 11) is 0. The van der Waals surface area contributed by atoms with Gasteiger partial charge in [0.25, 0.3) is 0 Å². The molecule has 3 nitrogen and oxygen atoms in total. The molecule has 0 amide bonds. The van der Waals surface area contributed by atoms with Crippen molar-refractivity contribution >= 4 is 12.4 Å². The van der Waals surface area contributed by atoms with Gasteiger partial charge in [0, 0.05) is 0 Å². The first-order chi connectivity index (χ1) is 9.88. The summed E-state index contributed by atoms with van der Waals surface area (Å²) >= 11 is 0. The minimum atomic E-state index is -0.599. The second kappa shape index (κ2) is 7.63. The highest BCUT2D eigenvalue weighted by molar-refractivity contribution is 5.85. The lowest BCUT2D eigenvalue weighted by Crippen LogP contribution is -2.36. The van der Waals surface area contributed by atoms with E-state index in [9.17, 15) is 5.11 Å². The van der Waals surface area contributed by atoms with E-state index in [-0.39, 0.29) is 17.8 Å². The molecule has 2 aromatic rings. The van der Waals surface area contributed by atoms with Crippen LogP contribution in [0.15, 0.2) is 54.6 Å². The summed E-state index contributed by atoms with van der Waals surface area (Å²) in [5.41, 5.74) is 6.79. The van der Waals surface area contributed by atoms with E-state index in [2.05, 4.69) is 0 Å². The average Bonchev–Trinajstić information content (AvgIpc) is 2.46. The second-order valence-corrected chi connectivity index (χ2v) is 6.32. The Labute approximate surface area is 138 Å². The van der Waals surface area contributed by atoms with Crippen LogP contribution >= 0.6 is 12.4 Å². The van der Waals surface area contributed by atoms with E-state index < -0.39 is 12.1 Å². The molecular formula is C18H24ClNO2. The number of aliphatic hydroxyl groups is 1. The van der Waals surface area contributed by atoms with Gasteiger partial charge in [-0.25, -0.2) is 0 Å². The van der Waals surface area contributed by atoms with Crippen molar-refractivity contribution in [2.75, 3.05) is 0 Å². The molecule has 0 heterocycles. The van der Waals surface area contributed by atoms with Crippen LogP contribution in [0, 0.1) is 5.41 Å². The van der Waals surface area contributed by atoms with Crippen molar-refractivity contribution in [3.05, 3.63) is 60.2 Å². The number of halogens is 1. The maximum atomic E-state index is 10.3. The van der Waals surface area contributed by atoms with Crippen molar-refractivity contribution in [2.45, 2.75) is 32.9 Å². The number of rotatable bonds is 4. The van der Waals surface area contributed by atoms with Gasteiger partial charge in [0.1, 0.15) is 11.5 Å². The molecule has 2 atom stereocenters. The van der Waals surface area contributed by atoms with Gasteiger partial charge in [0.15, 0.2) is 0 Å². The number of aliphatic hydroxyl groups excluding tert-OH is 1. The molecule has 0 spiro atoms. The molecule has 0 saturated carbocycles. The number of nitrogens with two attached hydrogens (primary N) is 1. The number of ether oxygens (including phenoxy) is 1. The topological polar surface area (TPSA) is 55.5 Å². The highest BCUT2D eigenvalue weighted by Crippen LogP contribution is 2.30. The second-order valence-electron chi connectivity index (χ2n) is 6.32. The molecule has 0 aliphatic heterocycles. The van der Waals surface area contributed by atoms with Crippen molar-refractivity contribution in [3.8, 4) is 11.5 Å². The first-order valence-corrected chi connectivity index (χ1v) is 7.14. The van der Waals surface area contributed by atoms with Gasteiger partial charge in [-0.1, -0.05) is 51.1 Å². The van der Waals surface area contributed by atoms with Gasteiger partial charge >= 0.3 is 0 Å². The summed E-state index contributed by atoms with van der Waals surface area (Å²) in [6.45, 7) is 5.93. The van der Waals surface area contributed by atoms with Gasteiger partial charge in [-0.3, -0.25) is 0 Å². The zero-order valence-corrected chi connectivity index (χ0v) is 14.0. The normalized spacial score (nSPS) is 13.9. The zero-order chi connectivity index (χ0) is 15.5. The van der Waals surface area contributed by atoms with E-state index in [1.54, 1.807) is 0 Å². The van der Waals surface area contributed by atoms with Crippen LogP contribution in [0.4, 0.5) is 0 Å². The van der Waals surface area contributed by atoms with Gasteiger partial charge in [-0.15, -0.1) is 12.4 Å². The standard InChI is InChI=1S/C18H23NO2.ClH/c1-18(2,3)17(20)16(19)13-9-11-15(12-10-13)21-14-7-5-4-6-8-14;/h4-12,16-17,20H,19H2,1-3H3;1H/t16-,17-;/m0./s1. The van der Waals surface area contributed by atoms with Crippen molar-refractivity contribution in [2.24, 2.45) is 11.1 Å². The molecule has 2 aromatic carbocycles. The van der Waals surface area contributed by atoms with E-state index in [0.29, 0.717) is 0 Å². The Morgan fingerprint density at radius 3 is 1.91 bits per heavy atom. The van der Waals surface area contributed by atoms with Gasteiger partial charge < -0.3 is 15.6 Å². The van der Waals surface area contributed by atoms with E-state index in [0.717, 1.165) is 17.1 Å². The fraction of sp³-hybridized carbons (Fsp3) is 0.333. The number of hydrogen-bond donors (Lipinski definition) is 2. The minimum Gasteiger partial charge on any atom is -0.457 e. The Hall–Kier alpha value is -1.55. The Kier molecular flexibility index (Phi) is 6.42. The average molecular weight is 322 g/mol. The van der Waals surface area contributed by atoms with Crippen molar-refractivity contribution in [1.29, 1.82) is 0 Å². The summed E-state index contributed by atoms with van der Waals surface area (Å²) in [5.74, 6) is 1.55. The lowest BCUT2D eigenvalue weighted by atomic mass is 9.82. The van der Waals surface area contributed by atoms with Crippen LogP contribution in [-0.4, -0.2) is 11.2 Å². The molecule has 22 heavy (non-hydrogen) atoms. The molecule has 0 unspecified atom stereocenters. The predicted octanol–water partition coefficient (Wildman–Crippen LogP) is 4.31. The fourth-order valence-corrected chi connectivity index (χ4v) is 2.10. The van der Waals surface area contributed by atoms with Crippen LogP contribution in [0.1, 0.15) is 32.4 Å². The van der Waals surface area contributed by atoms with Crippen LogP contribution in [0.3, 0.4) is 0 Å². The van der Waals surface area contributed by atoms with Crippen LogP contribution < -0.4 is 10.5 Å². The molecule has 0 bridgehead atoms. The maximum absolute atomic E-state index is 10.3. The van der Waals surface area contributed by atoms with Gasteiger partial charge in [-0.05, 0) is 35.2 Å². The summed E-state index contributed by atoms with van der Waals surface area (Å²) in [6.07, 6.45) is -0.599. The molecule has 3 N–H and O–H groups in total. The Morgan fingerprint density at radius 1 is 0.909 bits per heavy atom. The van der Waals surface area contributed by atoms with E-state index in [1.807, 2.05) is 75.4 Å². The largest absolute Gasteiger partial charge is 0.457 e. The monoisotopic (exact) mass is 321 g/mol. The van der Waals surface area contributed by atoms with Gasteiger partial charge in [0.2, 0.25) is 0 Å². The third kappa shape index (κ3) is 4.73. The van der Waals surface area contributed by atoms with Crippen LogP contribution in [0.5, 0.6) is 11.5 Å². The van der Waals surface area contributed by atoms with Crippen molar-refractivity contribution in [3.63, 3.8) is 0 Å². The van der Waals surface area contributed by atoms with E-state index >= 15 is 0 Å². The van der Waals surface area contributed by atoms with Crippen LogP contribution in [0.2, 0.25) is 0 Å². The fourth-order valence-electron chi connectivity index (χ4n) is 2.10. The number of benzene rings is 2. The third-order valence-electron chi connectivity index (χ3n) is 3.47. The molecule has 0 aliphatic carbocycles. The molecule has 0 saturated heterocycles. The molecule has 0 radical (unpaired) electrons. The molecule has 0 aliphatic rings. The first-order valence-electron chi connectivity index (χ1n) is 7.14. The molecule has 120 valence electrons. The minimum absolute atomic E-state index is 0. The quantitative estimate of drug-likeness (QED) is 0.882. The van der Waals surface area contributed by atoms with Crippen molar-refractivity contribution < 1.29 is 9.84 Å². The van der Waals surface area contributed by atoms with Crippen molar-refractivity contribution in [1.82, 2.24) is 0 Å². The lowest BCUT2D eigenvalue weighted by molar-refractivity contribution is 0.0401. The summed E-state index contributed by atoms with van der Waals surface area (Å²) in [4.78, 5) is 0. The number of hydrogen-bond acceptors (Lipinski definition) is 3. The molecule has 2 rings (SSSR count). The molecule has 4 heteroatoms. The highest BCUT2D eigenvalue weighted by atomic mass is 35.5. The molecule has 0 aromatic heterocycles. The SMILES string of the molecule is CC(C)(C)[C@@H](O)[C@@H](N)c1ccc(Oc2ccccc2)cc1.Cl. The Bertz CT molecular complexity index is 564. The Morgan fingerprint density at radius 2 is 1.41 bits per heavy atom. The maximum Gasteiger partial charge on any atom is 0.127 e. The lowest BCUT2D eigenvalue weighted by Gasteiger charge is -2.31. The first kappa shape index (κ1) is 18.5. The number of para-hydroxylation sites is 1. The zero-order valence-electron chi connectivity index (χ0n) is 13.2.